The zero-order valence-electron chi connectivity index (χ0n) is 6.77. The first-order chi connectivity index (χ1) is 5.16. The highest BCUT2D eigenvalue weighted by Gasteiger charge is 2.38. The second kappa shape index (κ2) is 3.34. The fraction of sp³-hybridized carbons (Fsp3) is 0.750. The molecule has 0 bridgehead atoms. The zero-order valence-corrected chi connectivity index (χ0v) is 6.77. The summed E-state index contributed by atoms with van der Waals surface area (Å²) in [5.41, 5.74) is 0. The van der Waals surface area contributed by atoms with E-state index in [2.05, 4.69) is 0 Å². The lowest BCUT2D eigenvalue weighted by Crippen LogP contribution is -2.30. The van der Waals surface area contributed by atoms with Crippen LogP contribution in [0.15, 0.2) is 12.2 Å². The predicted molar refractivity (Wildman–Crippen MR) is 41.2 cm³/mol. The first-order valence-electron chi connectivity index (χ1n) is 3.81. The lowest BCUT2D eigenvalue weighted by Gasteiger charge is -2.09. The Hall–Kier alpha value is -0.380. The molecule has 64 valence electrons. The molecule has 0 aliphatic carbocycles. The fourth-order valence-corrected chi connectivity index (χ4v) is 1.23. The van der Waals surface area contributed by atoms with Gasteiger partial charge in [0.2, 0.25) is 0 Å². The van der Waals surface area contributed by atoms with Crippen LogP contribution >= 0.6 is 0 Å². The van der Waals surface area contributed by atoms with Gasteiger partial charge in [-0.15, -0.1) is 0 Å². The van der Waals surface area contributed by atoms with E-state index in [4.69, 9.17) is 4.74 Å². The largest absolute Gasteiger partial charge is 0.388 e. The molecule has 2 N–H and O–H groups in total. The van der Waals surface area contributed by atoms with Gasteiger partial charge in [-0.05, 0) is 13.8 Å². The molecule has 1 aliphatic heterocycles. The second-order valence-corrected chi connectivity index (χ2v) is 2.81. The minimum absolute atomic E-state index is 0.272. The Morgan fingerprint density at radius 3 is 2.27 bits per heavy atom. The lowest BCUT2D eigenvalue weighted by molar-refractivity contribution is 0.0316. The normalized spacial score (nSPS) is 45.5. The monoisotopic (exact) mass is 158 g/mol. The van der Waals surface area contributed by atoms with Crippen molar-refractivity contribution in [2.24, 2.45) is 0 Å². The van der Waals surface area contributed by atoms with Gasteiger partial charge in [-0.2, -0.15) is 0 Å². The molecule has 4 atom stereocenters. The fourth-order valence-electron chi connectivity index (χ4n) is 1.23. The van der Waals surface area contributed by atoms with Crippen molar-refractivity contribution in [3.05, 3.63) is 12.2 Å². The molecular formula is C8H14O3. The smallest absolute Gasteiger partial charge is 0.112 e. The molecule has 0 aromatic rings. The van der Waals surface area contributed by atoms with Crippen molar-refractivity contribution >= 4 is 0 Å². The van der Waals surface area contributed by atoms with Crippen molar-refractivity contribution < 1.29 is 14.9 Å². The highest BCUT2D eigenvalue weighted by atomic mass is 16.5. The minimum Gasteiger partial charge on any atom is -0.388 e. The lowest BCUT2D eigenvalue weighted by atomic mass is 10.1. The molecule has 3 nitrogen and oxygen atoms in total. The average molecular weight is 158 g/mol. The van der Waals surface area contributed by atoms with Gasteiger partial charge < -0.3 is 14.9 Å². The van der Waals surface area contributed by atoms with Gasteiger partial charge in [0.1, 0.15) is 18.3 Å². The molecule has 11 heavy (non-hydrogen) atoms. The van der Waals surface area contributed by atoms with Crippen LogP contribution in [0.4, 0.5) is 0 Å². The maximum Gasteiger partial charge on any atom is 0.112 e. The van der Waals surface area contributed by atoms with Crippen molar-refractivity contribution in [3.8, 4) is 0 Å². The summed E-state index contributed by atoms with van der Waals surface area (Å²) in [6.07, 6.45) is 1.41. The van der Waals surface area contributed by atoms with Crippen LogP contribution in [-0.4, -0.2) is 34.6 Å². The van der Waals surface area contributed by atoms with E-state index in [1.807, 2.05) is 6.92 Å². The maximum absolute atomic E-state index is 9.33. The number of ether oxygens (including phenoxy) is 1. The minimum atomic E-state index is -0.777. The Kier molecular flexibility index (Phi) is 2.65. The zero-order chi connectivity index (χ0) is 8.43. The van der Waals surface area contributed by atoms with Crippen LogP contribution in [0, 0.1) is 0 Å². The van der Waals surface area contributed by atoms with Gasteiger partial charge in [0.25, 0.3) is 0 Å². The third-order valence-corrected chi connectivity index (χ3v) is 1.92. The Morgan fingerprint density at radius 2 is 1.91 bits per heavy atom. The van der Waals surface area contributed by atoms with E-state index in [1.54, 1.807) is 19.1 Å². The van der Waals surface area contributed by atoms with Crippen LogP contribution in [0.1, 0.15) is 13.8 Å². The quantitative estimate of drug-likeness (QED) is 0.531. The summed E-state index contributed by atoms with van der Waals surface area (Å²) < 4.78 is 5.24. The molecule has 1 saturated heterocycles. The molecule has 1 fully saturated rings. The predicted octanol–water partition coefficient (Wildman–Crippen LogP) is 0.0716. The van der Waals surface area contributed by atoms with Crippen molar-refractivity contribution in [1.82, 2.24) is 0 Å². The third-order valence-electron chi connectivity index (χ3n) is 1.92. The number of aliphatic hydroxyl groups is 2. The van der Waals surface area contributed by atoms with Crippen molar-refractivity contribution in [3.63, 3.8) is 0 Å². The summed E-state index contributed by atoms with van der Waals surface area (Å²) in [5, 5.41) is 18.6. The first-order valence-corrected chi connectivity index (χ1v) is 3.81. The Labute approximate surface area is 66.3 Å². The molecule has 0 radical (unpaired) electrons. The summed E-state index contributed by atoms with van der Waals surface area (Å²) >= 11 is 0. The van der Waals surface area contributed by atoms with Crippen LogP contribution in [-0.2, 0) is 4.74 Å². The van der Waals surface area contributed by atoms with Gasteiger partial charge in [-0.1, -0.05) is 12.2 Å². The van der Waals surface area contributed by atoms with E-state index in [1.165, 1.54) is 0 Å². The highest BCUT2D eigenvalue weighted by Crippen LogP contribution is 2.21. The molecule has 0 aromatic carbocycles. The highest BCUT2D eigenvalue weighted by molar-refractivity contribution is 5.00. The van der Waals surface area contributed by atoms with E-state index in [0.29, 0.717) is 0 Å². The van der Waals surface area contributed by atoms with E-state index >= 15 is 0 Å². The third kappa shape index (κ3) is 1.61. The van der Waals surface area contributed by atoms with Gasteiger partial charge in [0.05, 0.1) is 6.10 Å². The van der Waals surface area contributed by atoms with Gasteiger partial charge >= 0.3 is 0 Å². The molecule has 0 amide bonds. The number of hydrogen-bond acceptors (Lipinski definition) is 3. The van der Waals surface area contributed by atoms with E-state index < -0.39 is 12.2 Å². The summed E-state index contributed by atoms with van der Waals surface area (Å²) in [5.74, 6) is 0. The standard InChI is InChI=1S/C8H14O3/c1-3-4-6-8(10)7(9)5(2)11-6/h3-10H,1-2H3/b4-3+. The Bertz CT molecular complexity index is 155. The number of hydrogen-bond donors (Lipinski definition) is 2. The van der Waals surface area contributed by atoms with Crippen LogP contribution in [0.3, 0.4) is 0 Å². The van der Waals surface area contributed by atoms with Crippen molar-refractivity contribution in [2.45, 2.75) is 38.3 Å². The summed E-state index contributed by atoms with van der Waals surface area (Å²) in [7, 11) is 0. The second-order valence-electron chi connectivity index (χ2n) is 2.81. The molecule has 0 saturated carbocycles. The molecule has 1 aliphatic rings. The van der Waals surface area contributed by atoms with Crippen LogP contribution in [0.25, 0.3) is 0 Å². The Balaban J connectivity index is 2.59. The van der Waals surface area contributed by atoms with Gasteiger partial charge in [0, 0.05) is 0 Å². The van der Waals surface area contributed by atoms with Crippen LogP contribution < -0.4 is 0 Å². The molecule has 0 aromatic heterocycles. The van der Waals surface area contributed by atoms with E-state index in [-0.39, 0.29) is 12.2 Å². The van der Waals surface area contributed by atoms with E-state index in [9.17, 15) is 10.2 Å². The molecule has 0 spiro atoms. The molecule has 1 heterocycles. The topological polar surface area (TPSA) is 49.7 Å². The first kappa shape index (κ1) is 8.71. The van der Waals surface area contributed by atoms with Gasteiger partial charge in [-0.25, -0.2) is 0 Å². The summed E-state index contributed by atoms with van der Waals surface area (Å²) in [6.45, 7) is 3.60. The van der Waals surface area contributed by atoms with E-state index in [0.717, 1.165) is 0 Å². The SMILES string of the molecule is C/C=C/C1OC(C)C(O)C1O. The maximum atomic E-state index is 9.33. The number of aliphatic hydroxyl groups excluding tert-OH is 2. The number of allylic oxidation sites excluding steroid dienone is 1. The van der Waals surface area contributed by atoms with Crippen LogP contribution in [0.5, 0.6) is 0 Å². The Morgan fingerprint density at radius 1 is 1.27 bits per heavy atom. The van der Waals surface area contributed by atoms with Crippen molar-refractivity contribution in [1.29, 1.82) is 0 Å². The molecule has 1 rings (SSSR count). The summed E-state index contributed by atoms with van der Waals surface area (Å²) in [6, 6.07) is 0. The number of rotatable bonds is 1. The average Bonchev–Trinajstić information content (AvgIpc) is 2.19. The summed E-state index contributed by atoms with van der Waals surface area (Å²) in [4.78, 5) is 0. The van der Waals surface area contributed by atoms with Crippen molar-refractivity contribution in [2.75, 3.05) is 0 Å². The van der Waals surface area contributed by atoms with Gasteiger partial charge in [0.15, 0.2) is 0 Å². The van der Waals surface area contributed by atoms with Crippen LogP contribution in [0.2, 0.25) is 0 Å². The van der Waals surface area contributed by atoms with Gasteiger partial charge in [-0.3, -0.25) is 0 Å². The molecular weight excluding hydrogens is 144 g/mol. The molecule has 4 unspecified atom stereocenters. The molecule has 3 heteroatoms.